The van der Waals surface area contributed by atoms with Gasteiger partial charge in [0.15, 0.2) is 0 Å². The number of carbonyl (C=O) groups excluding carboxylic acids is 1. The lowest BCUT2D eigenvalue weighted by Gasteiger charge is -2.27. The molecule has 1 amide bonds. The molecule has 0 unspecified atom stereocenters. The Morgan fingerprint density at radius 3 is 2.85 bits per heavy atom. The second-order valence-corrected chi connectivity index (χ2v) is 6.85. The van der Waals surface area contributed by atoms with Gasteiger partial charge in [-0.25, -0.2) is 0 Å². The first-order valence-corrected chi connectivity index (χ1v) is 7.87. The lowest BCUT2D eigenvalue weighted by atomic mass is 9.84. The van der Waals surface area contributed by atoms with Gasteiger partial charge in [-0.15, -0.1) is 11.3 Å². The van der Waals surface area contributed by atoms with Crippen molar-refractivity contribution in [2.75, 3.05) is 6.54 Å². The van der Waals surface area contributed by atoms with E-state index in [1.807, 2.05) is 30.3 Å². The van der Waals surface area contributed by atoms with Crippen LogP contribution in [0, 0.1) is 5.92 Å². The zero-order chi connectivity index (χ0) is 14.2. The number of rotatable bonds is 4. The molecule has 1 aliphatic rings. The minimum atomic E-state index is -1.01. The van der Waals surface area contributed by atoms with Crippen LogP contribution in [0.3, 0.4) is 0 Å². The van der Waals surface area contributed by atoms with Crippen molar-refractivity contribution < 1.29 is 9.90 Å². The van der Waals surface area contributed by atoms with E-state index in [0.29, 0.717) is 0 Å². The molecule has 1 heterocycles. The SMILES string of the molecule is C[C@@](O)(CNC(=O)C1CCC1)c1cc2ccccc2s1. The molecule has 1 fully saturated rings. The van der Waals surface area contributed by atoms with Gasteiger partial charge in [-0.2, -0.15) is 0 Å². The molecule has 1 aromatic carbocycles. The molecule has 1 saturated carbocycles. The van der Waals surface area contributed by atoms with Gasteiger partial charge < -0.3 is 10.4 Å². The third-order valence-corrected chi connectivity index (χ3v) is 5.41. The molecule has 1 aromatic heterocycles. The molecule has 1 aliphatic carbocycles. The van der Waals surface area contributed by atoms with Crippen molar-refractivity contribution in [3.8, 4) is 0 Å². The Labute approximate surface area is 122 Å². The fraction of sp³-hybridized carbons (Fsp3) is 0.438. The van der Waals surface area contributed by atoms with Crippen LogP contribution in [0.25, 0.3) is 10.1 Å². The van der Waals surface area contributed by atoms with Crippen LogP contribution in [0.4, 0.5) is 0 Å². The van der Waals surface area contributed by atoms with Crippen molar-refractivity contribution in [1.29, 1.82) is 0 Å². The summed E-state index contributed by atoms with van der Waals surface area (Å²) < 4.78 is 1.16. The highest BCUT2D eigenvalue weighted by molar-refractivity contribution is 7.19. The number of fused-ring (bicyclic) bond motifs is 1. The number of nitrogens with one attached hydrogen (secondary N) is 1. The first kappa shape index (κ1) is 13.6. The van der Waals surface area contributed by atoms with Gasteiger partial charge in [0.25, 0.3) is 0 Å². The van der Waals surface area contributed by atoms with Gasteiger partial charge in [0.2, 0.25) is 5.91 Å². The highest BCUT2D eigenvalue weighted by Gasteiger charge is 2.29. The molecule has 0 saturated heterocycles. The Hall–Kier alpha value is -1.39. The Balaban J connectivity index is 1.71. The van der Waals surface area contributed by atoms with Crippen LogP contribution in [0.2, 0.25) is 0 Å². The third-order valence-electron chi connectivity index (χ3n) is 4.04. The molecule has 106 valence electrons. The Bertz CT molecular complexity index is 595. The number of thiophene rings is 1. The molecular weight excluding hydrogens is 270 g/mol. The van der Waals surface area contributed by atoms with Crippen LogP contribution >= 0.6 is 11.3 Å². The van der Waals surface area contributed by atoms with Crippen LogP contribution in [-0.2, 0) is 10.4 Å². The van der Waals surface area contributed by atoms with Crippen LogP contribution < -0.4 is 5.32 Å². The molecule has 4 heteroatoms. The van der Waals surface area contributed by atoms with Crippen molar-refractivity contribution in [3.63, 3.8) is 0 Å². The van der Waals surface area contributed by atoms with E-state index in [4.69, 9.17) is 0 Å². The number of amides is 1. The largest absolute Gasteiger partial charge is 0.383 e. The summed E-state index contributed by atoms with van der Waals surface area (Å²) in [4.78, 5) is 12.8. The first-order chi connectivity index (χ1) is 9.56. The molecule has 0 radical (unpaired) electrons. The smallest absolute Gasteiger partial charge is 0.223 e. The summed E-state index contributed by atoms with van der Waals surface area (Å²) in [5, 5.41) is 14.6. The maximum Gasteiger partial charge on any atom is 0.223 e. The summed E-state index contributed by atoms with van der Waals surface area (Å²) in [6.45, 7) is 2.04. The summed E-state index contributed by atoms with van der Waals surface area (Å²) in [5.74, 6) is 0.242. The van der Waals surface area contributed by atoms with Crippen molar-refractivity contribution in [1.82, 2.24) is 5.32 Å². The van der Waals surface area contributed by atoms with E-state index in [-0.39, 0.29) is 18.4 Å². The van der Waals surface area contributed by atoms with Crippen LogP contribution in [0.5, 0.6) is 0 Å². The highest BCUT2D eigenvalue weighted by atomic mass is 32.1. The van der Waals surface area contributed by atoms with Gasteiger partial charge in [0, 0.05) is 15.5 Å². The highest BCUT2D eigenvalue weighted by Crippen LogP contribution is 2.33. The number of carbonyl (C=O) groups is 1. The van der Waals surface area contributed by atoms with Crippen molar-refractivity contribution in [3.05, 3.63) is 35.2 Å². The molecule has 2 N–H and O–H groups in total. The molecule has 3 nitrogen and oxygen atoms in total. The maximum atomic E-state index is 11.9. The fourth-order valence-corrected chi connectivity index (χ4v) is 3.51. The van der Waals surface area contributed by atoms with Crippen molar-refractivity contribution in [2.45, 2.75) is 31.8 Å². The van der Waals surface area contributed by atoms with E-state index in [1.54, 1.807) is 18.3 Å². The summed E-state index contributed by atoms with van der Waals surface area (Å²) in [6.07, 6.45) is 3.11. The minimum absolute atomic E-state index is 0.0811. The predicted molar refractivity (Wildman–Crippen MR) is 81.7 cm³/mol. The number of hydrogen-bond acceptors (Lipinski definition) is 3. The summed E-state index contributed by atoms with van der Waals surface area (Å²) in [6, 6.07) is 10.1. The molecule has 0 aliphatic heterocycles. The summed E-state index contributed by atoms with van der Waals surface area (Å²) >= 11 is 1.58. The Morgan fingerprint density at radius 1 is 1.45 bits per heavy atom. The summed E-state index contributed by atoms with van der Waals surface area (Å²) in [7, 11) is 0. The predicted octanol–water partition coefficient (Wildman–Crippen LogP) is 3.03. The lowest BCUT2D eigenvalue weighted by Crippen LogP contribution is -2.42. The first-order valence-electron chi connectivity index (χ1n) is 7.05. The van der Waals surface area contributed by atoms with Crippen molar-refractivity contribution >= 4 is 27.3 Å². The second kappa shape index (κ2) is 5.19. The maximum absolute atomic E-state index is 11.9. The molecule has 1 atom stereocenters. The topological polar surface area (TPSA) is 49.3 Å². The zero-order valence-electron chi connectivity index (χ0n) is 11.6. The average molecular weight is 289 g/mol. The summed E-state index contributed by atoms with van der Waals surface area (Å²) in [5.41, 5.74) is -1.01. The van der Waals surface area contributed by atoms with Crippen LogP contribution in [-0.4, -0.2) is 17.6 Å². The fourth-order valence-electron chi connectivity index (χ4n) is 2.41. The van der Waals surface area contributed by atoms with E-state index in [0.717, 1.165) is 34.2 Å². The van der Waals surface area contributed by atoms with E-state index in [2.05, 4.69) is 5.32 Å². The minimum Gasteiger partial charge on any atom is -0.383 e. The quantitative estimate of drug-likeness (QED) is 0.909. The van der Waals surface area contributed by atoms with Crippen LogP contribution in [0.1, 0.15) is 31.1 Å². The molecular formula is C16H19NO2S. The van der Waals surface area contributed by atoms with E-state index >= 15 is 0 Å². The molecule has 0 spiro atoms. The van der Waals surface area contributed by atoms with Gasteiger partial charge >= 0.3 is 0 Å². The van der Waals surface area contributed by atoms with E-state index in [1.165, 1.54) is 0 Å². The standard InChI is InChI=1S/C16H19NO2S/c1-16(19,10-17-15(18)11-6-4-7-11)14-9-12-5-2-3-8-13(12)20-14/h2-3,5,8-9,11,19H,4,6-7,10H2,1H3,(H,17,18)/t16-/m1/s1. The average Bonchev–Trinajstić information content (AvgIpc) is 2.79. The van der Waals surface area contributed by atoms with Gasteiger partial charge in [-0.05, 0) is 37.3 Å². The van der Waals surface area contributed by atoms with Gasteiger partial charge in [0.1, 0.15) is 5.60 Å². The lowest BCUT2D eigenvalue weighted by molar-refractivity contribution is -0.128. The number of aliphatic hydroxyl groups is 1. The van der Waals surface area contributed by atoms with Crippen molar-refractivity contribution in [2.24, 2.45) is 5.92 Å². The van der Waals surface area contributed by atoms with Crippen LogP contribution in [0.15, 0.2) is 30.3 Å². The molecule has 2 aromatic rings. The third kappa shape index (κ3) is 2.58. The Morgan fingerprint density at radius 2 is 2.20 bits per heavy atom. The zero-order valence-corrected chi connectivity index (χ0v) is 12.4. The monoisotopic (exact) mass is 289 g/mol. The second-order valence-electron chi connectivity index (χ2n) is 5.77. The number of benzene rings is 1. The normalized spacial score (nSPS) is 18.5. The molecule has 20 heavy (non-hydrogen) atoms. The Kier molecular flexibility index (Phi) is 3.52. The number of hydrogen-bond donors (Lipinski definition) is 2. The van der Waals surface area contributed by atoms with Gasteiger partial charge in [-0.3, -0.25) is 4.79 Å². The molecule has 3 rings (SSSR count). The van der Waals surface area contributed by atoms with Gasteiger partial charge in [0.05, 0.1) is 6.54 Å². The molecule has 0 bridgehead atoms. The van der Waals surface area contributed by atoms with E-state index < -0.39 is 5.60 Å². The van der Waals surface area contributed by atoms with Gasteiger partial charge in [-0.1, -0.05) is 24.6 Å². The van der Waals surface area contributed by atoms with E-state index in [9.17, 15) is 9.90 Å².